The normalized spacial score (nSPS) is 14.7. The quantitative estimate of drug-likeness (QED) is 0.313. The molecule has 6 rings (SSSR count). The van der Waals surface area contributed by atoms with Crippen LogP contribution >= 0.6 is 11.3 Å². The first-order valence-electron chi connectivity index (χ1n) is 11.9. The van der Waals surface area contributed by atoms with Gasteiger partial charge in [0.1, 0.15) is 17.3 Å². The number of nitrogens with zero attached hydrogens (tertiary/aromatic N) is 6. The van der Waals surface area contributed by atoms with Crippen LogP contribution in [0, 0.1) is 5.82 Å². The number of rotatable bonds is 6. The van der Waals surface area contributed by atoms with Crippen molar-refractivity contribution in [1.82, 2.24) is 23.7 Å². The van der Waals surface area contributed by atoms with E-state index in [2.05, 4.69) is 4.98 Å². The molecule has 1 aliphatic heterocycles. The third-order valence-electron chi connectivity index (χ3n) is 6.46. The molecule has 0 aliphatic carbocycles. The zero-order valence-electron chi connectivity index (χ0n) is 20.4. The van der Waals surface area contributed by atoms with Crippen LogP contribution < -0.4 is 9.64 Å². The highest BCUT2D eigenvalue weighted by atomic mass is 32.2. The molecule has 1 fully saturated rings. The molecule has 0 radical (unpaired) electrons. The van der Waals surface area contributed by atoms with Crippen LogP contribution in [0.15, 0.2) is 77.3 Å². The van der Waals surface area contributed by atoms with Crippen LogP contribution in [-0.4, -0.2) is 65.4 Å². The van der Waals surface area contributed by atoms with Crippen molar-refractivity contribution in [2.24, 2.45) is 0 Å². The fourth-order valence-corrected chi connectivity index (χ4v) is 6.66. The molecule has 12 heteroatoms. The van der Waals surface area contributed by atoms with E-state index in [4.69, 9.17) is 14.7 Å². The summed E-state index contributed by atoms with van der Waals surface area (Å²) < 4.78 is 48.8. The smallest absolute Gasteiger partial charge is 0.243 e. The molecule has 1 aliphatic rings. The van der Waals surface area contributed by atoms with E-state index in [-0.39, 0.29) is 10.7 Å². The third kappa shape index (κ3) is 4.40. The van der Waals surface area contributed by atoms with Gasteiger partial charge in [0.2, 0.25) is 16.0 Å². The van der Waals surface area contributed by atoms with Crippen LogP contribution in [0.1, 0.15) is 0 Å². The third-order valence-corrected chi connectivity index (χ3v) is 9.13. The monoisotopic (exact) mass is 550 g/mol. The van der Waals surface area contributed by atoms with Gasteiger partial charge in [-0.25, -0.2) is 27.8 Å². The average molecular weight is 551 g/mol. The molecular weight excluding hydrogens is 527 g/mol. The van der Waals surface area contributed by atoms with E-state index < -0.39 is 10.0 Å². The number of sulfonamides is 1. The van der Waals surface area contributed by atoms with Crippen molar-refractivity contribution in [3.8, 4) is 28.4 Å². The highest BCUT2D eigenvalue weighted by Crippen LogP contribution is 2.34. The molecule has 3 aromatic heterocycles. The van der Waals surface area contributed by atoms with Crippen LogP contribution in [0.4, 0.5) is 10.3 Å². The predicted molar refractivity (Wildman–Crippen MR) is 143 cm³/mol. The number of thiazole rings is 1. The lowest BCUT2D eigenvalue weighted by Crippen LogP contribution is -2.49. The fraction of sp³-hybridized carbons (Fsp3) is 0.192. The van der Waals surface area contributed by atoms with Gasteiger partial charge < -0.3 is 9.64 Å². The van der Waals surface area contributed by atoms with E-state index in [1.165, 1.54) is 34.9 Å². The maximum absolute atomic E-state index is 14.0. The summed E-state index contributed by atoms with van der Waals surface area (Å²) in [6.45, 7) is 1.49. The summed E-state index contributed by atoms with van der Waals surface area (Å²) in [6, 6.07) is 14.5. The van der Waals surface area contributed by atoms with Crippen molar-refractivity contribution in [3.05, 3.63) is 78.2 Å². The molecule has 38 heavy (non-hydrogen) atoms. The Labute approximate surface area is 222 Å². The van der Waals surface area contributed by atoms with Crippen molar-refractivity contribution in [3.63, 3.8) is 0 Å². The van der Waals surface area contributed by atoms with Crippen molar-refractivity contribution in [2.75, 3.05) is 38.2 Å². The summed E-state index contributed by atoms with van der Waals surface area (Å²) in [6.07, 6.45) is 3.59. The lowest BCUT2D eigenvalue weighted by Gasteiger charge is -2.34. The molecule has 0 saturated carbocycles. The Bertz CT molecular complexity index is 1710. The van der Waals surface area contributed by atoms with Gasteiger partial charge in [-0.05, 0) is 42.5 Å². The highest BCUT2D eigenvalue weighted by Gasteiger charge is 2.30. The Hall–Kier alpha value is -3.87. The number of fused-ring (bicyclic) bond motifs is 1. The van der Waals surface area contributed by atoms with E-state index in [1.54, 1.807) is 42.6 Å². The highest BCUT2D eigenvalue weighted by molar-refractivity contribution is 7.89. The first kappa shape index (κ1) is 24.5. The molecule has 0 bridgehead atoms. The second-order valence-electron chi connectivity index (χ2n) is 8.68. The van der Waals surface area contributed by atoms with Crippen molar-refractivity contribution in [2.45, 2.75) is 4.90 Å². The first-order chi connectivity index (χ1) is 18.4. The van der Waals surface area contributed by atoms with Gasteiger partial charge in [-0.15, -0.1) is 11.3 Å². The van der Waals surface area contributed by atoms with Crippen LogP contribution in [0.25, 0.3) is 27.6 Å². The van der Waals surface area contributed by atoms with E-state index >= 15 is 0 Å². The molecular formula is C26H23FN6O3S2. The number of hydrogen-bond donors (Lipinski definition) is 0. The van der Waals surface area contributed by atoms with Crippen LogP contribution in [0.3, 0.4) is 0 Å². The molecule has 0 unspecified atom stereocenters. The van der Waals surface area contributed by atoms with Gasteiger partial charge in [-0.2, -0.15) is 4.31 Å². The Morgan fingerprint density at radius 1 is 1.00 bits per heavy atom. The van der Waals surface area contributed by atoms with Crippen LogP contribution in [0.2, 0.25) is 0 Å². The van der Waals surface area contributed by atoms with Crippen molar-refractivity contribution < 1.29 is 17.5 Å². The van der Waals surface area contributed by atoms with Crippen LogP contribution in [0.5, 0.6) is 5.75 Å². The number of halogens is 1. The van der Waals surface area contributed by atoms with Gasteiger partial charge in [-0.3, -0.25) is 4.40 Å². The maximum Gasteiger partial charge on any atom is 0.243 e. The van der Waals surface area contributed by atoms with Gasteiger partial charge in [0.05, 0.1) is 23.4 Å². The standard InChI is InChI=1S/C26H23FN6O3S2/c1-36-20-5-7-21(8-6-20)38(34,35)32-13-11-31(12-14-32)25-28-10-9-22(29-25)24-23(18-3-2-4-19(27)17-18)30-26-33(24)15-16-37-26/h2-10,15-17H,11-14H2,1H3. The van der Waals surface area contributed by atoms with E-state index in [1.807, 2.05) is 26.9 Å². The number of methoxy groups -OCH3 is 1. The van der Waals surface area contributed by atoms with Crippen molar-refractivity contribution in [1.29, 1.82) is 0 Å². The first-order valence-corrected chi connectivity index (χ1v) is 14.2. The second kappa shape index (κ2) is 9.78. The summed E-state index contributed by atoms with van der Waals surface area (Å²) in [7, 11) is -2.08. The molecule has 0 spiro atoms. The topological polar surface area (TPSA) is 92.9 Å². The second-order valence-corrected chi connectivity index (χ2v) is 11.5. The summed E-state index contributed by atoms with van der Waals surface area (Å²) in [4.78, 5) is 17.0. The summed E-state index contributed by atoms with van der Waals surface area (Å²) in [5.74, 6) is 0.763. The average Bonchev–Trinajstić information content (AvgIpc) is 3.55. The van der Waals surface area contributed by atoms with Gasteiger partial charge in [-0.1, -0.05) is 12.1 Å². The Kier molecular flexibility index (Phi) is 6.30. The number of ether oxygens (including phenoxy) is 1. The molecule has 0 atom stereocenters. The zero-order valence-corrected chi connectivity index (χ0v) is 22.0. The van der Waals surface area contributed by atoms with E-state index in [9.17, 15) is 12.8 Å². The van der Waals surface area contributed by atoms with Gasteiger partial charge >= 0.3 is 0 Å². The number of imidazole rings is 1. The lowest BCUT2D eigenvalue weighted by atomic mass is 10.1. The molecule has 4 heterocycles. The Balaban J connectivity index is 1.26. The Morgan fingerprint density at radius 2 is 1.79 bits per heavy atom. The number of anilines is 1. The molecule has 1 saturated heterocycles. The SMILES string of the molecule is COc1ccc(S(=O)(=O)N2CCN(c3nccc(-c4c(-c5cccc(F)c5)nc5sccn45)n3)CC2)cc1. The molecule has 2 aromatic carbocycles. The largest absolute Gasteiger partial charge is 0.497 e. The lowest BCUT2D eigenvalue weighted by molar-refractivity contribution is 0.382. The molecule has 0 amide bonds. The number of piperazine rings is 1. The molecule has 5 aromatic rings. The van der Waals surface area contributed by atoms with E-state index in [0.717, 1.165) is 10.7 Å². The van der Waals surface area contributed by atoms with Gasteiger partial charge in [0.25, 0.3) is 0 Å². The van der Waals surface area contributed by atoms with E-state index in [0.29, 0.717) is 54.8 Å². The minimum absolute atomic E-state index is 0.232. The minimum Gasteiger partial charge on any atom is -0.497 e. The van der Waals surface area contributed by atoms with Crippen LogP contribution in [-0.2, 0) is 10.0 Å². The summed E-state index contributed by atoms with van der Waals surface area (Å²) in [5.41, 5.74) is 2.69. The van der Waals surface area contributed by atoms with Gasteiger partial charge in [0.15, 0.2) is 4.96 Å². The number of aromatic nitrogens is 4. The molecule has 194 valence electrons. The fourth-order valence-electron chi connectivity index (χ4n) is 4.53. The molecule has 0 N–H and O–H groups in total. The zero-order chi connectivity index (χ0) is 26.3. The predicted octanol–water partition coefficient (Wildman–Crippen LogP) is 4.18. The Morgan fingerprint density at radius 3 is 2.53 bits per heavy atom. The molecule has 9 nitrogen and oxygen atoms in total. The maximum atomic E-state index is 14.0. The minimum atomic E-state index is -3.62. The summed E-state index contributed by atoms with van der Waals surface area (Å²) >= 11 is 1.49. The number of benzene rings is 2. The summed E-state index contributed by atoms with van der Waals surface area (Å²) in [5, 5.41) is 1.94. The van der Waals surface area contributed by atoms with Crippen molar-refractivity contribution >= 4 is 32.3 Å². The number of hydrogen-bond acceptors (Lipinski definition) is 8. The van der Waals surface area contributed by atoms with Gasteiger partial charge in [0, 0.05) is 49.5 Å².